The fourth-order valence-electron chi connectivity index (χ4n) is 4.44. The van der Waals surface area contributed by atoms with Crippen molar-refractivity contribution in [2.75, 3.05) is 5.32 Å². The van der Waals surface area contributed by atoms with Crippen molar-refractivity contribution in [3.8, 4) is 23.0 Å². The number of anilines is 1. The largest absolute Gasteiger partial charge is 0.456 e. The standard InChI is InChI=1S/C31H26N4O4S/c1-31(2,3)39-30(38)22-16-10-15-21-26-24(18-40-28(21)22)25(34-35(26)20-13-8-5-9-14-20)27(36)23(17-32)29(37)33-19-11-6-4-7-12-19/h4-16,23H,18H2,1-3H3,(H,33,37). The Balaban J connectivity index is 1.61. The molecule has 5 rings (SSSR count). The highest BCUT2D eigenvalue weighted by Crippen LogP contribution is 2.46. The van der Waals surface area contributed by atoms with Crippen molar-refractivity contribution in [2.45, 2.75) is 37.0 Å². The first-order valence-electron chi connectivity index (χ1n) is 12.6. The van der Waals surface area contributed by atoms with E-state index in [0.717, 1.165) is 4.90 Å². The third-order valence-corrected chi connectivity index (χ3v) is 7.32. The van der Waals surface area contributed by atoms with Gasteiger partial charge in [-0.1, -0.05) is 48.5 Å². The summed E-state index contributed by atoms with van der Waals surface area (Å²) in [6, 6.07) is 25.2. The molecule has 0 aliphatic carbocycles. The Bertz CT molecular complexity index is 1650. The van der Waals surface area contributed by atoms with Crippen LogP contribution in [0.5, 0.6) is 0 Å². The van der Waals surface area contributed by atoms with Crippen molar-refractivity contribution in [3.63, 3.8) is 0 Å². The van der Waals surface area contributed by atoms with Gasteiger partial charge in [-0.2, -0.15) is 10.4 Å². The number of hydrogen-bond acceptors (Lipinski definition) is 7. The summed E-state index contributed by atoms with van der Waals surface area (Å²) in [6.45, 7) is 5.44. The molecule has 1 amide bonds. The summed E-state index contributed by atoms with van der Waals surface area (Å²) >= 11 is 1.39. The van der Waals surface area contributed by atoms with Gasteiger partial charge >= 0.3 is 5.97 Å². The van der Waals surface area contributed by atoms with Crippen LogP contribution >= 0.6 is 11.8 Å². The second-order valence-electron chi connectivity index (χ2n) is 10.2. The van der Waals surface area contributed by atoms with E-state index in [1.165, 1.54) is 11.8 Å². The van der Waals surface area contributed by atoms with E-state index in [0.29, 0.717) is 39.5 Å². The first-order valence-corrected chi connectivity index (χ1v) is 13.6. The molecule has 0 spiro atoms. The highest BCUT2D eigenvalue weighted by molar-refractivity contribution is 7.98. The van der Waals surface area contributed by atoms with Gasteiger partial charge in [0.15, 0.2) is 5.92 Å². The van der Waals surface area contributed by atoms with Crippen LogP contribution in [0.15, 0.2) is 83.8 Å². The molecule has 0 saturated heterocycles. The fourth-order valence-corrected chi connectivity index (χ4v) is 5.63. The smallest absolute Gasteiger partial charge is 0.339 e. The average molecular weight is 551 g/mol. The number of nitrogens with one attached hydrogen (secondary N) is 1. The van der Waals surface area contributed by atoms with Gasteiger partial charge in [0, 0.05) is 27.5 Å². The van der Waals surface area contributed by atoms with E-state index in [1.54, 1.807) is 47.1 Å². The summed E-state index contributed by atoms with van der Waals surface area (Å²) in [7, 11) is 0. The number of thioether (sulfide) groups is 1. The summed E-state index contributed by atoms with van der Waals surface area (Å²) < 4.78 is 7.29. The van der Waals surface area contributed by atoms with E-state index in [2.05, 4.69) is 10.4 Å². The number of nitriles is 1. The molecular weight excluding hydrogens is 524 g/mol. The van der Waals surface area contributed by atoms with Crippen LogP contribution in [-0.2, 0) is 15.3 Å². The number of para-hydroxylation sites is 2. The van der Waals surface area contributed by atoms with Crippen LogP contribution in [0.25, 0.3) is 16.9 Å². The lowest BCUT2D eigenvalue weighted by atomic mass is 9.96. The second-order valence-corrected chi connectivity index (χ2v) is 11.2. The maximum Gasteiger partial charge on any atom is 0.339 e. The molecule has 1 aliphatic rings. The SMILES string of the molecule is CC(C)(C)OC(=O)c1cccc2c1SCc1c(C(=O)C(C#N)C(=O)Nc3ccccc3)nn(-c3ccccc3)c1-2. The number of hydrogen-bond donors (Lipinski definition) is 1. The Morgan fingerprint density at radius 2 is 1.68 bits per heavy atom. The van der Waals surface area contributed by atoms with E-state index in [4.69, 9.17) is 4.74 Å². The molecule has 2 heterocycles. The highest BCUT2D eigenvalue weighted by Gasteiger charge is 2.37. The Morgan fingerprint density at radius 3 is 2.33 bits per heavy atom. The van der Waals surface area contributed by atoms with Crippen molar-refractivity contribution >= 4 is 35.1 Å². The lowest BCUT2D eigenvalue weighted by molar-refractivity contribution is -0.117. The average Bonchev–Trinajstić information content (AvgIpc) is 3.33. The molecule has 1 atom stereocenters. The molecule has 8 nitrogen and oxygen atoms in total. The molecule has 0 saturated carbocycles. The van der Waals surface area contributed by atoms with Crippen molar-refractivity contribution in [2.24, 2.45) is 5.92 Å². The number of aromatic nitrogens is 2. The Hall–Kier alpha value is -4.68. The zero-order valence-corrected chi connectivity index (χ0v) is 23.0. The van der Waals surface area contributed by atoms with Gasteiger partial charge < -0.3 is 10.1 Å². The molecule has 9 heteroatoms. The van der Waals surface area contributed by atoms with Crippen LogP contribution in [0, 0.1) is 17.2 Å². The third kappa shape index (κ3) is 5.26. The van der Waals surface area contributed by atoms with Gasteiger partial charge in [-0.3, -0.25) is 9.59 Å². The fraction of sp³-hybridized carbons (Fsp3) is 0.194. The number of ketones is 1. The number of amides is 1. The number of Topliss-reactive ketones (excluding diaryl/α,β-unsaturated/α-hetero) is 1. The van der Waals surface area contributed by atoms with Crippen LogP contribution < -0.4 is 5.32 Å². The monoisotopic (exact) mass is 550 g/mol. The predicted octanol–water partition coefficient (Wildman–Crippen LogP) is 6.06. The molecule has 1 unspecified atom stereocenters. The Labute approximate surface area is 236 Å². The van der Waals surface area contributed by atoms with Crippen molar-refractivity contribution in [3.05, 3.63) is 95.7 Å². The third-order valence-electron chi connectivity index (χ3n) is 6.16. The normalized spacial score (nSPS) is 12.8. The summed E-state index contributed by atoms with van der Waals surface area (Å²) in [4.78, 5) is 40.5. The molecular formula is C31H26N4O4S. The van der Waals surface area contributed by atoms with Gasteiger partial charge in [0.25, 0.3) is 0 Å². The summed E-state index contributed by atoms with van der Waals surface area (Å²) in [5.41, 5.74) is 2.93. The molecule has 0 bridgehead atoms. The summed E-state index contributed by atoms with van der Waals surface area (Å²) in [6.07, 6.45) is 0. The lowest BCUT2D eigenvalue weighted by Crippen LogP contribution is -2.29. The van der Waals surface area contributed by atoms with Gasteiger partial charge in [0.2, 0.25) is 11.7 Å². The number of carbonyl (C=O) groups is 3. The maximum absolute atomic E-state index is 13.7. The first-order chi connectivity index (χ1) is 19.2. The first kappa shape index (κ1) is 26.9. The number of benzene rings is 3. The number of fused-ring (bicyclic) bond motifs is 3. The highest BCUT2D eigenvalue weighted by atomic mass is 32.2. The zero-order chi connectivity index (χ0) is 28.4. The molecule has 200 valence electrons. The number of ether oxygens (including phenoxy) is 1. The van der Waals surface area contributed by atoms with E-state index in [1.807, 2.05) is 63.2 Å². The van der Waals surface area contributed by atoms with Gasteiger partial charge in [-0.25, -0.2) is 9.48 Å². The predicted molar refractivity (Wildman–Crippen MR) is 152 cm³/mol. The lowest BCUT2D eigenvalue weighted by Gasteiger charge is -2.23. The molecule has 3 aromatic carbocycles. The van der Waals surface area contributed by atoms with E-state index in [9.17, 15) is 19.6 Å². The van der Waals surface area contributed by atoms with Crippen LogP contribution in [0.4, 0.5) is 5.69 Å². The Morgan fingerprint density at radius 1 is 1.00 bits per heavy atom. The van der Waals surface area contributed by atoms with E-state index in [-0.39, 0.29) is 5.69 Å². The molecule has 40 heavy (non-hydrogen) atoms. The van der Waals surface area contributed by atoms with Crippen LogP contribution in [-0.4, -0.2) is 33.0 Å². The minimum atomic E-state index is -1.59. The van der Waals surface area contributed by atoms with Crippen molar-refractivity contribution in [1.82, 2.24) is 9.78 Å². The quantitative estimate of drug-likeness (QED) is 0.176. The number of carbonyl (C=O) groups excluding carboxylic acids is 3. The molecule has 0 radical (unpaired) electrons. The van der Waals surface area contributed by atoms with E-state index >= 15 is 0 Å². The molecule has 1 aliphatic heterocycles. The second kappa shape index (κ2) is 10.8. The number of rotatable bonds is 6. The van der Waals surface area contributed by atoms with Gasteiger partial charge in [0.05, 0.1) is 23.0 Å². The topological polar surface area (TPSA) is 114 Å². The van der Waals surface area contributed by atoms with Gasteiger partial charge in [0.1, 0.15) is 11.3 Å². The van der Waals surface area contributed by atoms with Gasteiger partial charge in [-0.15, -0.1) is 11.8 Å². The molecule has 4 aromatic rings. The van der Waals surface area contributed by atoms with Crippen LogP contribution in [0.2, 0.25) is 0 Å². The van der Waals surface area contributed by atoms with Crippen molar-refractivity contribution in [1.29, 1.82) is 5.26 Å². The maximum atomic E-state index is 13.7. The summed E-state index contributed by atoms with van der Waals surface area (Å²) in [5, 5.41) is 17.2. The molecule has 1 N–H and O–H groups in total. The number of esters is 1. The van der Waals surface area contributed by atoms with E-state index < -0.39 is 29.2 Å². The molecule has 0 fully saturated rings. The number of nitrogens with zero attached hydrogens (tertiary/aromatic N) is 3. The minimum Gasteiger partial charge on any atom is -0.456 e. The van der Waals surface area contributed by atoms with Crippen molar-refractivity contribution < 1.29 is 19.1 Å². The zero-order valence-electron chi connectivity index (χ0n) is 22.2. The summed E-state index contributed by atoms with van der Waals surface area (Å²) in [5.74, 6) is -3.13. The minimum absolute atomic E-state index is 0.0504. The van der Waals surface area contributed by atoms with Gasteiger partial charge in [-0.05, 0) is 51.1 Å². The Kier molecular flexibility index (Phi) is 7.28. The van der Waals surface area contributed by atoms with Crippen LogP contribution in [0.3, 0.4) is 0 Å². The molecule has 1 aromatic heterocycles. The van der Waals surface area contributed by atoms with Crippen LogP contribution in [0.1, 0.15) is 47.2 Å².